The largest absolute Gasteiger partial charge is 0.480 e. The fourth-order valence-electron chi connectivity index (χ4n) is 3.46. The maximum absolute atomic E-state index is 12.6. The van der Waals surface area contributed by atoms with Gasteiger partial charge < -0.3 is 14.6 Å². The number of hydrogen-bond acceptors (Lipinski definition) is 6. The third-order valence-corrected chi connectivity index (χ3v) is 6.65. The first-order chi connectivity index (χ1) is 12.4. The van der Waals surface area contributed by atoms with Crippen molar-refractivity contribution in [2.75, 3.05) is 19.9 Å². The van der Waals surface area contributed by atoms with Gasteiger partial charge in [0.25, 0.3) is 0 Å². The fourth-order valence-corrected chi connectivity index (χ4v) is 4.74. The van der Waals surface area contributed by atoms with Gasteiger partial charge in [0.2, 0.25) is 16.8 Å². The molecular formula is C17H22N2O6S. The van der Waals surface area contributed by atoms with Gasteiger partial charge in [-0.3, -0.25) is 9.69 Å². The molecule has 0 atom stereocenters. The highest BCUT2D eigenvalue weighted by molar-refractivity contribution is 7.89. The van der Waals surface area contributed by atoms with E-state index in [4.69, 9.17) is 14.6 Å². The van der Waals surface area contributed by atoms with E-state index in [1.165, 1.54) is 12.1 Å². The van der Waals surface area contributed by atoms with E-state index in [2.05, 4.69) is 4.72 Å². The number of sulfonamides is 1. The quantitative estimate of drug-likeness (QED) is 0.691. The molecule has 0 aromatic heterocycles. The van der Waals surface area contributed by atoms with Crippen molar-refractivity contribution < 1.29 is 27.8 Å². The Hall–Kier alpha value is -1.84. The van der Waals surface area contributed by atoms with E-state index in [0.717, 1.165) is 19.4 Å². The van der Waals surface area contributed by atoms with Crippen LogP contribution in [0.3, 0.4) is 0 Å². The van der Waals surface area contributed by atoms with Gasteiger partial charge in [-0.1, -0.05) is 0 Å². The molecule has 0 bridgehead atoms. The Bertz CT molecular complexity index is 801. The highest BCUT2D eigenvalue weighted by atomic mass is 32.2. The van der Waals surface area contributed by atoms with Crippen LogP contribution in [-0.4, -0.2) is 56.4 Å². The SMILES string of the molecule is O=C(O)CN(CC1CC1)C1CC(NS(=O)(=O)c2ccc3c(c2)OCO3)C1. The van der Waals surface area contributed by atoms with Crippen LogP contribution in [0.1, 0.15) is 25.7 Å². The fraction of sp³-hybridized carbons (Fsp3) is 0.588. The molecule has 26 heavy (non-hydrogen) atoms. The summed E-state index contributed by atoms with van der Waals surface area (Å²) in [5.41, 5.74) is 0. The van der Waals surface area contributed by atoms with Crippen LogP contribution in [-0.2, 0) is 14.8 Å². The van der Waals surface area contributed by atoms with Crippen LogP contribution in [0.4, 0.5) is 0 Å². The third-order valence-electron chi connectivity index (χ3n) is 5.13. The van der Waals surface area contributed by atoms with E-state index in [1.54, 1.807) is 6.07 Å². The summed E-state index contributed by atoms with van der Waals surface area (Å²) in [6.45, 7) is 0.901. The number of nitrogens with zero attached hydrogens (tertiary/aromatic N) is 1. The molecule has 0 amide bonds. The number of nitrogens with one attached hydrogen (secondary N) is 1. The maximum atomic E-state index is 12.6. The van der Waals surface area contributed by atoms with Crippen molar-refractivity contribution in [2.45, 2.75) is 42.7 Å². The maximum Gasteiger partial charge on any atom is 0.317 e. The summed E-state index contributed by atoms with van der Waals surface area (Å²) in [4.78, 5) is 13.2. The van der Waals surface area contributed by atoms with Crippen molar-refractivity contribution in [3.63, 3.8) is 0 Å². The van der Waals surface area contributed by atoms with Crippen molar-refractivity contribution >= 4 is 16.0 Å². The molecule has 0 radical (unpaired) electrons. The van der Waals surface area contributed by atoms with Gasteiger partial charge in [-0.05, 0) is 43.7 Å². The Balaban J connectivity index is 1.35. The molecule has 1 aromatic rings. The Labute approximate surface area is 152 Å². The molecule has 1 aromatic carbocycles. The van der Waals surface area contributed by atoms with Gasteiger partial charge >= 0.3 is 5.97 Å². The zero-order valence-electron chi connectivity index (χ0n) is 14.3. The molecular weight excluding hydrogens is 360 g/mol. The van der Waals surface area contributed by atoms with E-state index in [-0.39, 0.29) is 30.3 Å². The van der Waals surface area contributed by atoms with Crippen molar-refractivity contribution in [1.82, 2.24) is 9.62 Å². The Morgan fingerprint density at radius 3 is 2.65 bits per heavy atom. The lowest BCUT2D eigenvalue weighted by Crippen LogP contribution is -2.55. The number of carbonyl (C=O) groups is 1. The summed E-state index contributed by atoms with van der Waals surface area (Å²) in [7, 11) is -3.65. The average Bonchev–Trinajstić information content (AvgIpc) is 3.22. The number of ether oxygens (including phenoxy) is 2. The monoisotopic (exact) mass is 382 g/mol. The Kier molecular flexibility index (Phi) is 4.54. The minimum absolute atomic E-state index is 0.0167. The Morgan fingerprint density at radius 2 is 1.96 bits per heavy atom. The third kappa shape index (κ3) is 3.79. The molecule has 1 heterocycles. The molecule has 0 unspecified atom stereocenters. The van der Waals surface area contributed by atoms with Crippen LogP contribution in [0.2, 0.25) is 0 Å². The summed E-state index contributed by atoms with van der Waals surface area (Å²) in [5, 5.41) is 9.09. The van der Waals surface area contributed by atoms with E-state index in [9.17, 15) is 13.2 Å². The number of fused-ring (bicyclic) bond motifs is 1. The van der Waals surface area contributed by atoms with E-state index >= 15 is 0 Å². The van der Waals surface area contributed by atoms with Gasteiger partial charge in [0.1, 0.15) is 0 Å². The molecule has 8 nitrogen and oxygen atoms in total. The smallest absolute Gasteiger partial charge is 0.317 e. The highest BCUT2D eigenvalue weighted by Gasteiger charge is 2.39. The van der Waals surface area contributed by atoms with Gasteiger partial charge in [0, 0.05) is 24.7 Å². The van der Waals surface area contributed by atoms with Gasteiger partial charge in [0.15, 0.2) is 11.5 Å². The van der Waals surface area contributed by atoms with Crippen LogP contribution in [0.15, 0.2) is 23.1 Å². The first kappa shape index (κ1) is 17.6. The van der Waals surface area contributed by atoms with Crippen LogP contribution in [0.25, 0.3) is 0 Å². The number of rotatable bonds is 8. The van der Waals surface area contributed by atoms with Gasteiger partial charge in [-0.15, -0.1) is 0 Å². The normalized spacial score (nSPS) is 24.5. The second kappa shape index (κ2) is 6.71. The Morgan fingerprint density at radius 1 is 1.23 bits per heavy atom. The van der Waals surface area contributed by atoms with E-state index in [0.29, 0.717) is 30.3 Å². The van der Waals surface area contributed by atoms with Crippen LogP contribution in [0, 0.1) is 5.92 Å². The number of carboxylic acid groups (broad SMARTS) is 1. The van der Waals surface area contributed by atoms with Crippen molar-refractivity contribution in [2.24, 2.45) is 5.92 Å². The van der Waals surface area contributed by atoms with Crippen molar-refractivity contribution in [1.29, 1.82) is 0 Å². The van der Waals surface area contributed by atoms with E-state index < -0.39 is 16.0 Å². The first-order valence-corrected chi connectivity index (χ1v) is 10.3. The lowest BCUT2D eigenvalue weighted by atomic mass is 9.86. The second-order valence-electron chi connectivity index (χ2n) is 7.23. The summed E-state index contributed by atoms with van der Waals surface area (Å²) < 4.78 is 38.3. The minimum Gasteiger partial charge on any atom is -0.480 e. The number of hydrogen-bond donors (Lipinski definition) is 2. The molecule has 0 saturated heterocycles. The molecule has 0 spiro atoms. The summed E-state index contributed by atoms with van der Waals surface area (Å²) in [6, 6.07) is 4.49. The molecule has 2 fully saturated rings. The zero-order valence-corrected chi connectivity index (χ0v) is 15.1. The first-order valence-electron chi connectivity index (χ1n) is 8.78. The summed E-state index contributed by atoms with van der Waals surface area (Å²) in [6.07, 6.45) is 3.57. The molecule has 3 aliphatic rings. The molecule has 2 N–H and O–H groups in total. The lowest BCUT2D eigenvalue weighted by molar-refractivity contribution is -0.139. The minimum atomic E-state index is -3.65. The molecule has 4 rings (SSSR count). The number of carboxylic acids is 1. The van der Waals surface area contributed by atoms with E-state index in [1.807, 2.05) is 4.90 Å². The summed E-state index contributed by atoms with van der Waals surface area (Å²) >= 11 is 0. The predicted octanol–water partition coefficient (Wildman–Crippen LogP) is 1.02. The molecule has 1 aliphatic heterocycles. The van der Waals surface area contributed by atoms with Crippen LogP contribution in [0.5, 0.6) is 11.5 Å². The standard InChI is InChI=1S/C17H22N2O6S/c20-17(21)9-19(8-11-1-2-11)13-5-12(6-13)18-26(22,23)14-3-4-15-16(7-14)25-10-24-15/h3-4,7,11-13,18H,1-2,5-6,8-10H2,(H,20,21). The van der Waals surface area contributed by atoms with Crippen molar-refractivity contribution in [3.8, 4) is 11.5 Å². The topological polar surface area (TPSA) is 105 Å². The zero-order chi connectivity index (χ0) is 18.3. The van der Waals surface area contributed by atoms with Crippen LogP contribution >= 0.6 is 0 Å². The lowest BCUT2D eigenvalue weighted by Gasteiger charge is -2.42. The molecule has 9 heteroatoms. The second-order valence-corrected chi connectivity index (χ2v) is 8.94. The van der Waals surface area contributed by atoms with Gasteiger partial charge in [0.05, 0.1) is 11.4 Å². The number of aliphatic carboxylic acids is 1. The van der Waals surface area contributed by atoms with Gasteiger partial charge in [-0.2, -0.15) is 0 Å². The predicted molar refractivity (Wildman–Crippen MR) is 91.6 cm³/mol. The summed E-state index contributed by atoms with van der Waals surface area (Å²) in [5.74, 6) is 0.724. The molecule has 142 valence electrons. The van der Waals surface area contributed by atoms with Crippen LogP contribution < -0.4 is 14.2 Å². The van der Waals surface area contributed by atoms with Gasteiger partial charge in [-0.25, -0.2) is 13.1 Å². The van der Waals surface area contributed by atoms with Crippen molar-refractivity contribution in [3.05, 3.63) is 18.2 Å². The average molecular weight is 382 g/mol. The number of benzene rings is 1. The highest BCUT2D eigenvalue weighted by Crippen LogP contribution is 2.36. The molecule has 2 aliphatic carbocycles. The molecule has 2 saturated carbocycles.